The van der Waals surface area contributed by atoms with Gasteiger partial charge in [0.1, 0.15) is 0 Å². The molecule has 1 aliphatic carbocycles. The molecule has 0 spiro atoms. The Balaban J connectivity index is 1.77. The van der Waals surface area contributed by atoms with Crippen molar-refractivity contribution in [3.05, 3.63) is 78.4 Å². The fourth-order valence-corrected chi connectivity index (χ4v) is 4.70. The third kappa shape index (κ3) is 3.22. The zero-order valence-electron chi connectivity index (χ0n) is 15.5. The quantitative estimate of drug-likeness (QED) is 0.637. The third-order valence-corrected chi connectivity index (χ3v) is 6.11. The van der Waals surface area contributed by atoms with Crippen LogP contribution in [0.3, 0.4) is 0 Å². The molecule has 4 rings (SSSR count). The minimum atomic E-state index is -0.0108. The second kappa shape index (κ2) is 7.13. The Labute approximate surface area is 156 Å². The van der Waals surface area contributed by atoms with Crippen LogP contribution in [0.4, 0.5) is 5.69 Å². The Hall–Kier alpha value is -2.32. The number of hydrogen-bond donors (Lipinski definition) is 2. The molecular formula is C24H28N2. The van der Waals surface area contributed by atoms with E-state index in [0.29, 0.717) is 5.92 Å². The smallest absolute Gasteiger partial charge is 0.0454 e. The number of benzene rings is 3. The Kier molecular flexibility index (Phi) is 4.69. The largest absolute Gasteiger partial charge is 0.379 e. The van der Waals surface area contributed by atoms with E-state index >= 15 is 0 Å². The van der Waals surface area contributed by atoms with Gasteiger partial charge in [-0.2, -0.15) is 0 Å². The van der Waals surface area contributed by atoms with E-state index in [9.17, 15) is 0 Å². The summed E-state index contributed by atoms with van der Waals surface area (Å²) in [5, 5.41) is 6.58. The molecule has 1 fully saturated rings. The van der Waals surface area contributed by atoms with Gasteiger partial charge in [0.05, 0.1) is 0 Å². The third-order valence-electron chi connectivity index (χ3n) is 6.11. The predicted octanol–water partition coefficient (Wildman–Crippen LogP) is 5.70. The molecular weight excluding hydrogens is 316 g/mol. The highest BCUT2D eigenvalue weighted by Gasteiger charge is 2.41. The first-order valence-corrected chi connectivity index (χ1v) is 9.74. The lowest BCUT2D eigenvalue weighted by Gasteiger charge is -2.46. The molecule has 0 aromatic heterocycles. The second-order valence-corrected chi connectivity index (χ2v) is 7.79. The molecule has 0 saturated heterocycles. The SMILES string of the molecule is C[C@H](c1cccc2ccccc12)C1(Nc2ccccc2)CCCC(N)C1. The summed E-state index contributed by atoms with van der Waals surface area (Å²) >= 11 is 0. The van der Waals surface area contributed by atoms with Crippen molar-refractivity contribution in [3.8, 4) is 0 Å². The van der Waals surface area contributed by atoms with Crippen LogP contribution in [-0.4, -0.2) is 11.6 Å². The van der Waals surface area contributed by atoms with Crippen molar-refractivity contribution in [1.29, 1.82) is 0 Å². The van der Waals surface area contributed by atoms with Crippen molar-refractivity contribution < 1.29 is 0 Å². The van der Waals surface area contributed by atoms with Crippen LogP contribution in [0, 0.1) is 0 Å². The molecule has 1 aliphatic rings. The van der Waals surface area contributed by atoms with Gasteiger partial charge in [-0.1, -0.05) is 67.6 Å². The highest BCUT2D eigenvalue weighted by atomic mass is 15.0. The van der Waals surface area contributed by atoms with Gasteiger partial charge in [0, 0.05) is 23.2 Å². The first kappa shape index (κ1) is 17.1. The molecule has 3 N–H and O–H groups in total. The molecule has 2 unspecified atom stereocenters. The molecule has 134 valence electrons. The fraction of sp³-hybridized carbons (Fsp3) is 0.333. The number of fused-ring (bicyclic) bond motifs is 1. The van der Waals surface area contributed by atoms with E-state index in [4.69, 9.17) is 5.73 Å². The van der Waals surface area contributed by atoms with Gasteiger partial charge in [-0.05, 0) is 54.2 Å². The average molecular weight is 345 g/mol. The summed E-state index contributed by atoms with van der Waals surface area (Å²) in [6, 6.07) is 26.3. The molecule has 26 heavy (non-hydrogen) atoms. The number of nitrogens with one attached hydrogen (secondary N) is 1. The number of hydrogen-bond acceptors (Lipinski definition) is 2. The average Bonchev–Trinajstić information content (AvgIpc) is 2.68. The summed E-state index contributed by atoms with van der Waals surface area (Å²) < 4.78 is 0. The summed E-state index contributed by atoms with van der Waals surface area (Å²) in [6.45, 7) is 2.37. The summed E-state index contributed by atoms with van der Waals surface area (Å²) in [4.78, 5) is 0. The molecule has 3 atom stereocenters. The highest BCUT2D eigenvalue weighted by molar-refractivity contribution is 5.86. The molecule has 2 nitrogen and oxygen atoms in total. The highest BCUT2D eigenvalue weighted by Crippen LogP contribution is 2.43. The van der Waals surface area contributed by atoms with Gasteiger partial charge in [0.2, 0.25) is 0 Å². The topological polar surface area (TPSA) is 38.0 Å². The molecule has 1 saturated carbocycles. The van der Waals surface area contributed by atoms with Gasteiger partial charge >= 0.3 is 0 Å². The van der Waals surface area contributed by atoms with Crippen molar-refractivity contribution in [1.82, 2.24) is 0 Å². The molecule has 0 amide bonds. The molecule has 2 heteroatoms. The number of anilines is 1. The zero-order chi connectivity index (χ0) is 18.0. The molecule has 0 bridgehead atoms. The first-order valence-electron chi connectivity index (χ1n) is 9.74. The lowest BCUT2D eigenvalue weighted by molar-refractivity contribution is 0.259. The van der Waals surface area contributed by atoms with E-state index in [1.807, 2.05) is 0 Å². The van der Waals surface area contributed by atoms with Crippen molar-refractivity contribution in [2.75, 3.05) is 5.32 Å². The van der Waals surface area contributed by atoms with Crippen LogP contribution in [0.25, 0.3) is 10.8 Å². The lowest BCUT2D eigenvalue weighted by atomic mass is 9.68. The lowest BCUT2D eigenvalue weighted by Crippen LogP contribution is -2.50. The Morgan fingerprint density at radius 1 is 0.962 bits per heavy atom. The molecule has 0 heterocycles. The van der Waals surface area contributed by atoms with Crippen LogP contribution in [0.5, 0.6) is 0 Å². The van der Waals surface area contributed by atoms with E-state index in [1.165, 1.54) is 28.4 Å². The van der Waals surface area contributed by atoms with Crippen LogP contribution in [0.2, 0.25) is 0 Å². The van der Waals surface area contributed by atoms with Crippen LogP contribution < -0.4 is 11.1 Å². The Morgan fingerprint density at radius 2 is 1.69 bits per heavy atom. The van der Waals surface area contributed by atoms with E-state index in [2.05, 4.69) is 85.0 Å². The van der Waals surface area contributed by atoms with Gasteiger partial charge in [0.15, 0.2) is 0 Å². The minimum absolute atomic E-state index is 0.0108. The van der Waals surface area contributed by atoms with E-state index in [-0.39, 0.29) is 11.6 Å². The van der Waals surface area contributed by atoms with Crippen LogP contribution in [0.15, 0.2) is 72.8 Å². The second-order valence-electron chi connectivity index (χ2n) is 7.79. The van der Waals surface area contributed by atoms with Crippen molar-refractivity contribution in [2.24, 2.45) is 5.73 Å². The Bertz CT molecular complexity index is 868. The zero-order valence-corrected chi connectivity index (χ0v) is 15.5. The van der Waals surface area contributed by atoms with Crippen LogP contribution in [-0.2, 0) is 0 Å². The summed E-state index contributed by atoms with van der Waals surface area (Å²) in [5.41, 5.74) is 9.05. The minimum Gasteiger partial charge on any atom is -0.379 e. The van der Waals surface area contributed by atoms with Gasteiger partial charge in [-0.3, -0.25) is 0 Å². The van der Waals surface area contributed by atoms with Crippen LogP contribution >= 0.6 is 0 Å². The van der Waals surface area contributed by atoms with Gasteiger partial charge in [-0.25, -0.2) is 0 Å². The molecule has 0 aliphatic heterocycles. The van der Waals surface area contributed by atoms with E-state index < -0.39 is 0 Å². The maximum Gasteiger partial charge on any atom is 0.0454 e. The van der Waals surface area contributed by atoms with Gasteiger partial charge in [0.25, 0.3) is 0 Å². The summed E-state index contributed by atoms with van der Waals surface area (Å²) in [5.74, 6) is 0.375. The standard InChI is InChI=1S/C24H28N2/c1-18(22-15-7-10-19-9-5-6-14-23(19)22)24(16-8-11-20(25)17-24)26-21-12-3-2-4-13-21/h2-7,9-10,12-15,18,20,26H,8,11,16-17,25H2,1H3/t18-,20?,24?/m1/s1. The van der Waals surface area contributed by atoms with Crippen molar-refractivity contribution >= 4 is 16.5 Å². The fourth-order valence-electron chi connectivity index (χ4n) is 4.70. The molecule has 3 aromatic rings. The molecule has 3 aromatic carbocycles. The first-order chi connectivity index (χ1) is 12.7. The number of nitrogens with two attached hydrogens (primary N) is 1. The van der Waals surface area contributed by atoms with Crippen molar-refractivity contribution in [3.63, 3.8) is 0 Å². The van der Waals surface area contributed by atoms with E-state index in [1.54, 1.807) is 0 Å². The predicted molar refractivity (Wildman–Crippen MR) is 112 cm³/mol. The maximum atomic E-state index is 6.45. The van der Waals surface area contributed by atoms with E-state index in [0.717, 1.165) is 19.3 Å². The number of rotatable bonds is 4. The maximum absolute atomic E-state index is 6.45. The van der Waals surface area contributed by atoms with Gasteiger partial charge < -0.3 is 11.1 Å². The van der Waals surface area contributed by atoms with Gasteiger partial charge in [-0.15, -0.1) is 0 Å². The molecule has 0 radical (unpaired) electrons. The monoisotopic (exact) mass is 344 g/mol. The van der Waals surface area contributed by atoms with Crippen molar-refractivity contribution in [2.45, 2.75) is 50.1 Å². The van der Waals surface area contributed by atoms with Crippen LogP contribution in [0.1, 0.15) is 44.1 Å². The number of para-hydroxylation sites is 1. The summed E-state index contributed by atoms with van der Waals surface area (Å²) in [7, 11) is 0. The normalized spacial score (nSPS) is 24.3. The Morgan fingerprint density at radius 3 is 2.50 bits per heavy atom. The summed E-state index contributed by atoms with van der Waals surface area (Å²) in [6.07, 6.45) is 4.46.